The summed E-state index contributed by atoms with van der Waals surface area (Å²) in [5.74, 6) is -0.413. The lowest BCUT2D eigenvalue weighted by Crippen LogP contribution is -2.60. The van der Waals surface area contributed by atoms with E-state index < -0.39 is 59.8 Å². The Hall–Kier alpha value is -2.72. The van der Waals surface area contributed by atoms with Gasteiger partial charge in [0.2, 0.25) is 0 Å². The second kappa shape index (κ2) is 50.1. The van der Waals surface area contributed by atoms with Crippen LogP contribution in [0.3, 0.4) is 0 Å². The SMILES string of the molecule is CC/C=C\C/C=C\C/C=C\C/C=C\C/C=C\C/C=C\C/C=C\CCCCOCC(COC1OC(CO)C(O)C(OS(=O)(=O)O)C1O)OC(=O)CCCCCCCCCCCCCCCCCCCCCCCC. The number of aliphatic hydroxyl groups is 3. The molecule has 0 aromatic carbocycles. The number of ether oxygens (including phenoxy) is 4. The van der Waals surface area contributed by atoms with Crippen LogP contribution in [0.4, 0.5) is 0 Å². The number of rotatable bonds is 50. The van der Waals surface area contributed by atoms with Crippen LogP contribution in [0.1, 0.15) is 226 Å². The molecule has 1 rings (SSSR count). The largest absolute Gasteiger partial charge is 0.457 e. The Labute approximate surface area is 444 Å². The van der Waals surface area contributed by atoms with Crippen LogP contribution >= 0.6 is 0 Å². The average Bonchev–Trinajstić information content (AvgIpc) is 3.37. The van der Waals surface area contributed by atoms with Gasteiger partial charge in [-0.3, -0.25) is 9.35 Å². The molecule has 0 aromatic rings. The Morgan fingerprint density at radius 3 is 1.36 bits per heavy atom. The quantitative estimate of drug-likeness (QED) is 0.0196. The fourth-order valence-electron chi connectivity index (χ4n) is 8.48. The van der Waals surface area contributed by atoms with E-state index in [-0.39, 0.29) is 19.6 Å². The van der Waals surface area contributed by atoms with Gasteiger partial charge in [-0.15, -0.1) is 0 Å². The summed E-state index contributed by atoms with van der Waals surface area (Å²) in [7, 11) is -5.08. The van der Waals surface area contributed by atoms with Gasteiger partial charge in [0.05, 0.1) is 19.8 Å². The van der Waals surface area contributed by atoms with Crippen molar-refractivity contribution in [1.82, 2.24) is 0 Å². The molecule has 0 spiro atoms. The number of hydrogen-bond donors (Lipinski definition) is 4. The monoisotopic (exact) mass is 1050 g/mol. The van der Waals surface area contributed by atoms with Crippen molar-refractivity contribution in [2.24, 2.45) is 0 Å². The van der Waals surface area contributed by atoms with Crippen LogP contribution < -0.4 is 0 Å². The highest BCUT2D eigenvalue weighted by molar-refractivity contribution is 7.80. The molecule has 0 bridgehead atoms. The van der Waals surface area contributed by atoms with Crippen molar-refractivity contribution in [2.45, 2.75) is 263 Å². The van der Waals surface area contributed by atoms with Crippen LogP contribution in [0.25, 0.3) is 0 Å². The summed E-state index contributed by atoms with van der Waals surface area (Å²) >= 11 is 0. The molecule has 12 nitrogen and oxygen atoms in total. The molecule has 4 N–H and O–H groups in total. The molecule has 0 saturated carbocycles. The first-order valence-corrected chi connectivity index (χ1v) is 30.2. The first-order chi connectivity index (χ1) is 35.6. The Balaban J connectivity index is 2.35. The predicted octanol–water partition coefficient (Wildman–Crippen LogP) is 14.4. The summed E-state index contributed by atoms with van der Waals surface area (Å²) in [4.78, 5) is 13.0. The Morgan fingerprint density at radius 1 is 0.534 bits per heavy atom. The number of allylic oxidation sites excluding steroid dienone is 14. The van der Waals surface area contributed by atoms with E-state index >= 15 is 0 Å². The Morgan fingerprint density at radius 2 is 0.945 bits per heavy atom. The molecular weight excluding hydrogens is 945 g/mol. The maximum absolute atomic E-state index is 13.0. The highest BCUT2D eigenvalue weighted by atomic mass is 32.3. The van der Waals surface area contributed by atoms with Gasteiger partial charge in [-0.25, -0.2) is 4.18 Å². The van der Waals surface area contributed by atoms with E-state index in [2.05, 4.69) is 103 Å². The van der Waals surface area contributed by atoms with Crippen molar-refractivity contribution in [3.8, 4) is 0 Å². The van der Waals surface area contributed by atoms with Crippen molar-refractivity contribution in [2.75, 3.05) is 26.4 Å². The second-order valence-corrected chi connectivity index (χ2v) is 20.6. The zero-order valence-corrected chi connectivity index (χ0v) is 46.5. The molecule has 1 aliphatic heterocycles. The number of hydrogen-bond acceptors (Lipinski definition) is 11. The van der Waals surface area contributed by atoms with Gasteiger partial charge in [0.1, 0.15) is 30.5 Å². The third-order valence-corrected chi connectivity index (χ3v) is 13.2. The highest BCUT2D eigenvalue weighted by Gasteiger charge is 2.48. The smallest absolute Gasteiger partial charge is 0.397 e. The van der Waals surface area contributed by atoms with E-state index in [9.17, 15) is 33.1 Å². The second-order valence-electron chi connectivity index (χ2n) is 19.5. The first-order valence-electron chi connectivity index (χ1n) is 28.8. The zero-order valence-electron chi connectivity index (χ0n) is 45.7. The molecule has 0 aromatic heterocycles. The van der Waals surface area contributed by atoms with E-state index in [0.29, 0.717) is 13.0 Å². The third kappa shape index (κ3) is 43.1. The predicted molar refractivity (Wildman–Crippen MR) is 299 cm³/mol. The molecular formula is C60H104O12S. The fraction of sp³-hybridized carbons (Fsp3) is 0.750. The summed E-state index contributed by atoms with van der Waals surface area (Å²) in [6.45, 7) is 3.79. The number of unbranched alkanes of at least 4 members (excludes halogenated alkanes) is 23. The summed E-state index contributed by atoms with van der Waals surface area (Å²) in [5.41, 5.74) is 0. The van der Waals surface area contributed by atoms with Crippen molar-refractivity contribution in [1.29, 1.82) is 0 Å². The third-order valence-electron chi connectivity index (χ3n) is 12.8. The maximum Gasteiger partial charge on any atom is 0.397 e. The average molecular weight is 1050 g/mol. The molecule has 0 aliphatic carbocycles. The Kier molecular flexibility index (Phi) is 46.9. The molecule has 73 heavy (non-hydrogen) atoms. The zero-order chi connectivity index (χ0) is 53.1. The first kappa shape index (κ1) is 68.3. The Bertz CT molecular complexity index is 1590. The summed E-state index contributed by atoms with van der Waals surface area (Å²) in [6, 6.07) is 0. The topological polar surface area (TPSA) is 178 Å². The molecule has 13 heteroatoms. The lowest BCUT2D eigenvalue weighted by molar-refractivity contribution is -0.301. The van der Waals surface area contributed by atoms with Crippen LogP contribution in [0, 0.1) is 0 Å². The van der Waals surface area contributed by atoms with Crippen LogP contribution in [0.15, 0.2) is 85.1 Å². The van der Waals surface area contributed by atoms with Gasteiger partial charge in [0.15, 0.2) is 6.29 Å². The van der Waals surface area contributed by atoms with Gasteiger partial charge in [0, 0.05) is 13.0 Å². The van der Waals surface area contributed by atoms with Crippen molar-refractivity contribution in [3.05, 3.63) is 85.1 Å². The molecule has 1 aliphatic rings. The summed E-state index contributed by atoms with van der Waals surface area (Å²) in [6.07, 6.45) is 59.1. The summed E-state index contributed by atoms with van der Waals surface area (Å²) < 4.78 is 59.4. The molecule has 1 heterocycles. The number of carbonyl (C=O) groups excluding carboxylic acids is 1. The van der Waals surface area contributed by atoms with Crippen LogP contribution in [-0.4, -0.2) is 97.5 Å². The molecule has 0 amide bonds. The van der Waals surface area contributed by atoms with E-state index in [1.54, 1.807) is 0 Å². The van der Waals surface area contributed by atoms with E-state index in [4.69, 9.17) is 18.9 Å². The minimum atomic E-state index is -5.08. The molecule has 1 saturated heterocycles. The van der Waals surface area contributed by atoms with Crippen molar-refractivity contribution >= 4 is 16.4 Å². The normalized spacial score (nSPS) is 19.5. The van der Waals surface area contributed by atoms with E-state index in [1.165, 1.54) is 116 Å². The van der Waals surface area contributed by atoms with Gasteiger partial charge in [-0.05, 0) is 70.6 Å². The summed E-state index contributed by atoms with van der Waals surface area (Å²) in [5, 5.41) is 30.8. The van der Waals surface area contributed by atoms with Gasteiger partial charge in [-0.2, -0.15) is 8.42 Å². The minimum absolute atomic E-state index is 0.00341. The molecule has 6 unspecified atom stereocenters. The van der Waals surface area contributed by atoms with Gasteiger partial charge >= 0.3 is 16.4 Å². The van der Waals surface area contributed by atoms with Crippen LogP contribution in [0.5, 0.6) is 0 Å². The van der Waals surface area contributed by atoms with Gasteiger partial charge in [0.25, 0.3) is 0 Å². The molecule has 0 radical (unpaired) electrons. The lowest BCUT2D eigenvalue weighted by Gasteiger charge is -2.41. The lowest BCUT2D eigenvalue weighted by atomic mass is 9.99. The van der Waals surface area contributed by atoms with E-state index in [0.717, 1.165) is 83.5 Å². The standard InChI is InChI=1S/C60H104O12S/c1-3-5-7-9-11-13-15-17-19-21-23-25-27-28-30-32-34-36-38-40-42-44-46-48-50-68-52-54(53-69-60-58(64)59(72-73(65,66)67)57(63)55(51-61)71-60)70-56(62)49-47-45-43-41-39-37-35-33-31-29-26-24-22-20-18-16-14-12-10-8-6-4-2/h5,7,11,13,17,19,23,25,28,30,34,36,40,42,54-55,57-61,63-64H,3-4,6,8-10,12,14-16,18,20-22,24,26-27,29,31-33,35,37-39,41,43-53H2,1-2H3,(H,65,66,67)/b7-5-,13-11-,19-17-,25-23-,30-28-,36-34-,42-40-. The van der Waals surface area contributed by atoms with E-state index in [1.807, 2.05) is 0 Å². The number of esters is 1. The van der Waals surface area contributed by atoms with Gasteiger partial charge in [-0.1, -0.05) is 234 Å². The maximum atomic E-state index is 13.0. The van der Waals surface area contributed by atoms with Crippen molar-refractivity contribution < 1.29 is 56.2 Å². The minimum Gasteiger partial charge on any atom is -0.457 e. The number of aliphatic hydroxyl groups excluding tert-OH is 3. The molecule has 1 fully saturated rings. The van der Waals surface area contributed by atoms with Gasteiger partial charge < -0.3 is 34.3 Å². The van der Waals surface area contributed by atoms with Crippen LogP contribution in [0.2, 0.25) is 0 Å². The highest BCUT2D eigenvalue weighted by Crippen LogP contribution is 2.26. The van der Waals surface area contributed by atoms with Crippen molar-refractivity contribution in [3.63, 3.8) is 0 Å². The van der Waals surface area contributed by atoms with Crippen LogP contribution in [-0.2, 0) is 38.3 Å². The number of carbonyl (C=O) groups is 1. The molecule has 422 valence electrons. The fourth-order valence-corrected chi connectivity index (χ4v) is 8.99. The molecule has 6 atom stereocenters.